The van der Waals surface area contributed by atoms with Crippen LogP contribution < -0.4 is 11.3 Å². The van der Waals surface area contributed by atoms with Crippen LogP contribution in [0.3, 0.4) is 0 Å². The number of imidazole rings is 1. The molecule has 0 radical (unpaired) electrons. The van der Waals surface area contributed by atoms with E-state index in [9.17, 15) is 4.79 Å². The molecule has 33 heavy (non-hydrogen) atoms. The van der Waals surface area contributed by atoms with Gasteiger partial charge in [-0.05, 0) is 48.4 Å². The molecule has 1 unspecified atom stereocenters. The van der Waals surface area contributed by atoms with Crippen molar-refractivity contribution < 1.29 is 0 Å². The van der Waals surface area contributed by atoms with E-state index in [4.69, 9.17) is 17.3 Å². The molecule has 0 aliphatic carbocycles. The van der Waals surface area contributed by atoms with Crippen LogP contribution >= 0.6 is 22.9 Å². The maximum atomic E-state index is 12.4. The Morgan fingerprint density at radius 3 is 2.39 bits per heavy atom. The van der Waals surface area contributed by atoms with Crippen LogP contribution in [0, 0.1) is 6.92 Å². The van der Waals surface area contributed by atoms with Crippen molar-refractivity contribution in [2.45, 2.75) is 13.0 Å². The molecule has 0 saturated heterocycles. The maximum Gasteiger partial charge on any atom is 0.252 e. The second-order valence-electron chi connectivity index (χ2n) is 7.76. The maximum absolute atomic E-state index is 12.4. The van der Waals surface area contributed by atoms with Gasteiger partial charge >= 0.3 is 0 Å². The smallest absolute Gasteiger partial charge is 0.252 e. The monoisotopic (exact) mass is 477 g/mol. The summed E-state index contributed by atoms with van der Waals surface area (Å²) in [5.41, 5.74) is 9.78. The minimum Gasteiger partial charge on any atom is -0.341 e. The Labute approximate surface area is 200 Å². The molecule has 0 amide bonds. The number of aryl methyl sites for hydroxylation is 3. The summed E-state index contributed by atoms with van der Waals surface area (Å²) in [7, 11) is 3.67. The van der Waals surface area contributed by atoms with E-state index >= 15 is 0 Å². The topological polar surface area (TPSA) is 78.7 Å². The van der Waals surface area contributed by atoms with Crippen LogP contribution in [-0.2, 0) is 14.1 Å². The van der Waals surface area contributed by atoms with Gasteiger partial charge in [0, 0.05) is 64.5 Å². The fourth-order valence-corrected chi connectivity index (χ4v) is 4.51. The number of nitrogens with zero attached hydrogens (tertiary/aromatic N) is 4. The van der Waals surface area contributed by atoms with Crippen LogP contribution in [-0.4, -0.2) is 19.1 Å². The summed E-state index contributed by atoms with van der Waals surface area (Å²) in [6, 6.07) is 15.0. The van der Waals surface area contributed by atoms with E-state index in [1.165, 1.54) is 4.88 Å². The zero-order chi connectivity index (χ0) is 23.5. The number of hydrogen-bond acceptors (Lipinski definition) is 5. The van der Waals surface area contributed by atoms with Gasteiger partial charge < -0.3 is 10.3 Å². The van der Waals surface area contributed by atoms with Crippen molar-refractivity contribution in [2.75, 3.05) is 0 Å². The number of rotatable bonds is 3. The Hall–Kier alpha value is -3.26. The molecule has 0 bridgehead atoms. The summed E-state index contributed by atoms with van der Waals surface area (Å²) in [4.78, 5) is 23.0. The van der Waals surface area contributed by atoms with Gasteiger partial charge in [-0.3, -0.25) is 9.36 Å². The first kappa shape index (κ1) is 22.9. The number of halogens is 1. The zero-order valence-electron chi connectivity index (χ0n) is 18.6. The lowest BCUT2D eigenvalue weighted by molar-refractivity contribution is 0.854. The standard InChI is InChI=1S/C21H18ClN3OS.C4H6N2/c1-12-3-8-18(27-12)16-10-19(26)25(2)21-17(16)9-14(11-24-21)20(23)13-4-6-15(22)7-5-13;1-6-3-2-5-4-6/h3-11,20H,23H2,1-2H3;2-4H,1H3. The first-order valence-electron chi connectivity index (χ1n) is 10.3. The molecule has 0 fully saturated rings. The Kier molecular flexibility index (Phi) is 6.74. The Balaban J connectivity index is 0.000000376. The van der Waals surface area contributed by atoms with Crippen LogP contribution in [0.5, 0.6) is 0 Å². The molecule has 168 valence electrons. The highest BCUT2D eigenvalue weighted by atomic mass is 35.5. The number of aromatic nitrogens is 4. The number of thiophene rings is 1. The minimum atomic E-state index is -0.325. The highest BCUT2D eigenvalue weighted by Gasteiger charge is 2.15. The molecule has 0 aliphatic heterocycles. The van der Waals surface area contributed by atoms with Crippen molar-refractivity contribution in [2.24, 2.45) is 19.8 Å². The summed E-state index contributed by atoms with van der Waals surface area (Å²) < 4.78 is 3.46. The van der Waals surface area contributed by atoms with E-state index in [-0.39, 0.29) is 11.6 Å². The predicted octanol–water partition coefficient (Wildman–Crippen LogP) is 5.09. The second kappa shape index (κ2) is 9.70. The van der Waals surface area contributed by atoms with Crippen LogP contribution in [0.4, 0.5) is 0 Å². The van der Waals surface area contributed by atoms with E-state index in [1.807, 2.05) is 54.2 Å². The average Bonchev–Trinajstić information content (AvgIpc) is 3.47. The molecule has 6 nitrogen and oxygen atoms in total. The highest BCUT2D eigenvalue weighted by molar-refractivity contribution is 7.15. The highest BCUT2D eigenvalue weighted by Crippen LogP contribution is 2.33. The first-order valence-corrected chi connectivity index (χ1v) is 11.5. The summed E-state index contributed by atoms with van der Waals surface area (Å²) in [5, 5.41) is 1.59. The van der Waals surface area contributed by atoms with Gasteiger partial charge in [0.15, 0.2) is 0 Å². The quantitative estimate of drug-likeness (QED) is 0.392. The average molecular weight is 478 g/mol. The minimum absolute atomic E-state index is 0.0780. The molecule has 1 atom stereocenters. The van der Waals surface area contributed by atoms with Crippen LogP contribution in [0.1, 0.15) is 22.0 Å². The SMILES string of the molecule is Cc1ccc(-c2cc(=O)n(C)c3ncc(C(N)c4ccc(Cl)cc4)cc23)s1.Cn1ccnc1. The molecule has 0 saturated carbocycles. The fraction of sp³-hybridized carbons (Fsp3) is 0.160. The van der Waals surface area contributed by atoms with Crippen molar-refractivity contribution >= 4 is 34.0 Å². The van der Waals surface area contributed by atoms with Crippen molar-refractivity contribution in [3.8, 4) is 10.4 Å². The molecule has 2 N–H and O–H groups in total. The molecule has 8 heteroatoms. The molecule has 0 spiro atoms. The van der Waals surface area contributed by atoms with Gasteiger partial charge in [-0.2, -0.15) is 0 Å². The summed E-state index contributed by atoms with van der Waals surface area (Å²) in [6.45, 7) is 2.05. The van der Waals surface area contributed by atoms with Gasteiger partial charge in [-0.25, -0.2) is 9.97 Å². The summed E-state index contributed by atoms with van der Waals surface area (Å²) in [5.74, 6) is 0. The lowest BCUT2D eigenvalue weighted by Crippen LogP contribution is -2.18. The zero-order valence-corrected chi connectivity index (χ0v) is 20.1. The van der Waals surface area contributed by atoms with Crippen molar-refractivity contribution in [3.05, 3.63) is 105 Å². The third-order valence-corrected chi connectivity index (χ3v) is 6.61. The van der Waals surface area contributed by atoms with Gasteiger partial charge in [-0.1, -0.05) is 23.7 Å². The molecular formula is C25H24ClN5OS. The predicted molar refractivity (Wildman–Crippen MR) is 136 cm³/mol. The largest absolute Gasteiger partial charge is 0.341 e. The van der Waals surface area contributed by atoms with Crippen molar-refractivity contribution in [1.29, 1.82) is 0 Å². The molecule has 5 aromatic rings. The van der Waals surface area contributed by atoms with Gasteiger partial charge in [0.05, 0.1) is 12.4 Å². The van der Waals surface area contributed by atoms with Gasteiger partial charge in [-0.15, -0.1) is 11.3 Å². The summed E-state index contributed by atoms with van der Waals surface area (Å²) in [6.07, 6.45) is 7.13. The van der Waals surface area contributed by atoms with Crippen LogP contribution in [0.2, 0.25) is 5.02 Å². The number of hydrogen-bond donors (Lipinski definition) is 1. The molecular weight excluding hydrogens is 454 g/mol. The van der Waals surface area contributed by atoms with E-state index in [0.29, 0.717) is 10.7 Å². The van der Waals surface area contributed by atoms with Crippen molar-refractivity contribution in [3.63, 3.8) is 0 Å². The van der Waals surface area contributed by atoms with Crippen molar-refractivity contribution in [1.82, 2.24) is 19.1 Å². The van der Waals surface area contributed by atoms with E-state index in [2.05, 4.69) is 23.0 Å². The number of nitrogens with two attached hydrogens (primary N) is 1. The van der Waals surface area contributed by atoms with Gasteiger partial charge in [0.25, 0.3) is 5.56 Å². The van der Waals surface area contributed by atoms with E-state index in [0.717, 1.165) is 27.0 Å². The van der Waals surface area contributed by atoms with Gasteiger partial charge in [0.1, 0.15) is 5.65 Å². The Bertz CT molecular complexity index is 1440. The molecule has 4 aromatic heterocycles. The molecule has 4 heterocycles. The third kappa shape index (κ3) is 5.06. The van der Waals surface area contributed by atoms with Gasteiger partial charge in [0.2, 0.25) is 0 Å². The van der Waals surface area contributed by atoms with E-state index in [1.54, 1.807) is 47.7 Å². The first-order chi connectivity index (χ1) is 15.8. The van der Waals surface area contributed by atoms with Crippen LogP contribution in [0.25, 0.3) is 21.5 Å². The molecule has 1 aromatic carbocycles. The normalized spacial score (nSPS) is 11.8. The fourth-order valence-electron chi connectivity index (χ4n) is 3.48. The number of benzene rings is 1. The lowest BCUT2D eigenvalue weighted by Gasteiger charge is -2.15. The Morgan fingerprint density at radius 1 is 1.06 bits per heavy atom. The lowest BCUT2D eigenvalue weighted by atomic mass is 9.99. The molecule has 0 aliphatic rings. The number of fused-ring (bicyclic) bond motifs is 1. The Morgan fingerprint density at radius 2 is 1.82 bits per heavy atom. The van der Waals surface area contributed by atoms with E-state index < -0.39 is 0 Å². The second-order valence-corrected chi connectivity index (χ2v) is 9.49. The van der Waals surface area contributed by atoms with Crippen LogP contribution in [0.15, 0.2) is 78.2 Å². The number of pyridine rings is 2. The molecule has 5 rings (SSSR count). The summed E-state index contributed by atoms with van der Waals surface area (Å²) >= 11 is 7.64. The third-order valence-electron chi connectivity index (χ3n) is 5.32.